The number of primary sulfonamides is 1. The third-order valence-corrected chi connectivity index (χ3v) is 3.19. The van der Waals surface area contributed by atoms with Gasteiger partial charge in [0.1, 0.15) is 0 Å². The maximum atomic E-state index is 11.1. The Balaban J connectivity index is 3.25. The average molecular weight is 221 g/mol. The van der Waals surface area contributed by atoms with Crippen LogP contribution in [0.3, 0.4) is 0 Å². The minimum Gasteiger partial charge on any atom is -0.256 e. The third-order valence-electron chi connectivity index (χ3n) is 1.52. The Hall–Kier alpha value is -0.530. The zero-order valence-electron chi connectivity index (χ0n) is 7.39. The summed E-state index contributed by atoms with van der Waals surface area (Å²) in [6, 6.07) is 0. The molecule has 0 spiro atoms. The van der Waals surface area contributed by atoms with E-state index in [0.717, 1.165) is 0 Å². The van der Waals surface area contributed by atoms with Crippen molar-refractivity contribution in [1.82, 2.24) is 9.78 Å². The molecule has 7 heteroatoms. The van der Waals surface area contributed by atoms with Crippen LogP contribution in [0.1, 0.15) is 5.56 Å². The number of aromatic nitrogens is 2. The zero-order valence-corrected chi connectivity index (χ0v) is 9.02. The van der Waals surface area contributed by atoms with Crippen molar-refractivity contribution in [2.24, 2.45) is 12.2 Å². The number of hydrogen-bond donors (Lipinski definition) is 1. The summed E-state index contributed by atoms with van der Waals surface area (Å²) in [6.45, 7) is 0. The molecule has 0 aliphatic heterocycles. The van der Waals surface area contributed by atoms with Crippen LogP contribution in [0, 0.1) is 0 Å². The second-order valence-corrected chi connectivity index (χ2v) is 4.92. The van der Waals surface area contributed by atoms with Gasteiger partial charge in [-0.15, -0.1) is 0 Å². The van der Waals surface area contributed by atoms with Gasteiger partial charge in [0.05, 0.1) is 6.20 Å². The number of hydrogen-bond acceptors (Lipinski definition) is 4. The van der Waals surface area contributed by atoms with Gasteiger partial charge in [0.15, 0.2) is 5.03 Å². The number of thioether (sulfide) groups is 1. The van der Waals surface area contributed by atoms with E-state index in [2.05, 4.69) is 5.10 Å². The molecule has 0 amide bonds. The molecule has 5 nitrogen and oxygen atoms in total. The number of aryl methyl sites for hydroxylation is 1. The first-order valence-electron chi connectivity index (χ1n) is 3.49. The Morgan fingerprint density at radius 3 is 2.77 bits per heavy atom. The molecule has 1 aromatic heterocycles. The lowest BCUT2D eigenvalue weighted by atomic mass is 10.4. The summed E-state index contributed by atoms with van der Waals surface area (Å²) in [5.41, 5.74) is 0.650. The highest BCUT2D eigenvalue weighted by atomic mass is 32.2. The van der Waals surface area contributed by atoms with Crippen LogP contribution < -0.4 is 5.14 Å². The lowest BCUT2D eigenvalue weighted by Crippen LogP contribution is -2.17. The summed E-state index contributed by atoms with van der Waals surface area (Å²) in [5.74, 6) is 0.597. The first-order valence-corrected chi connectivity index (χ1v) is 6.43. The quantitative estimate of drug-likeness (QED) is 0.775. The minimum absolute atomic E-state index is 0.0989. The third kappa shape index (κ3) is 2.23. The van der Waals surface area contributed by atoms with Gasteiger partial charge in [0.2, 0.25) is 0 Å². The predicted molar refractivity (Wildman–Crippen MR) is 51.8 cm³/mol. The van der Waals surface area contributed by atoms with Gasteiger partial charge in [-0.2, -0.15) is 16.9 Å². The van der Waals surface area contributed by atoms with E-state index >= 15 is 0 Å². The molecule has 0 saturated carbocycles. The molecule has 0 atom stereocenters. The molecule has 1 rings (SSSR count). The normalized spacial score (nSPS) is 11.9. The van der Waals surface area contributed by atoms with E-state index in [0.29, 0.717) is 11.3 Å². The van der Waals surface area contributed by atoms with E-state index in [1.807, 2.05) is 6.26 Å². The van der Waals surface area contributed by atoms with Crippen LogP contribution in [-0.4, -0.2) is 24.5 Å². The van der Waals surface area contributed by atoms with Crippen molar-refractivity contribution < 1.29 is 8.42 Å². The van der Waals surface area contributed by atoms with Crippen molar-refractivity contribution in [2.75, 3.05) is 6.26 Å². The second kappa shape index (κ2) is 3.69. The van der Waals surface area contributed by atoms with E-state index in [9.17, 15) is 8.42 Å². The molecule has 0 saturated heterocycles. The van der Waals surface area contributed by atoms with Gasteiger partial charge in [-0.1, -0.05) is 0 Å². The molecule has 1 aromatic rings. The van der Waals surface area contributed by atoms with Crippen LogP contribution in [0.4, 0.5) is 0 Å². The van der Waals surface area contributed by atoms with E-state index in [1.54, 1.807) is 7.05 Å². The summed E-state index contributed by atoms with van der Waals surface area (Å²) in [6.07, 6.45) is 3.41. The van der Waals surface area contributed by atoms with Crippen LogP contribution in [0.25, 0.3) is 0 Å². The lowest BCUT2D eigenvalue weighted by Gasteiger charge is -2.01. The molecule has 2 N–H and O–H groups in total. The Bertz CT molecular complexity index is 396. The van der Waals surface area contributed by atoms with Gasteiger partial charge in [0, 0.05) is 18.4 Å². The Morgan fingerprint density at radius 1 is 1.69 bits per heavy atom. The lowest BCUT2D eigenvalue weighted by molar-refractivity contribution is 0.577. The fourth-order valence-electron chi connectivity index (χ4n) is 1.09. The van der Waals surface area contributed by atoms with Crippen molar-refractivity contribution >= 4 is 21.8 Å². The molecule has 0 radical (unpaired) electrons. The molecule has 1 heterocycles. The topological polar surface area (TPSA) is 78.0 Å². The van der Waals surface area contributed by atoms with Crippen molar-refractivity contribution in [3.63, 3.8) is 0 Å². The van der Waals surface area contributed by atoms with Gasteiger partial charge < -0.3 is 0 Å². The number of nitrogens with zero attached hydrogens (tertiary/aromatic N) is 2. The summed E-state index contributed by atoms with van der Waals surface area (Å²) < 4.78 is 23.5. The van der Waals surface area contributed by atoms with Crippen molar-refractivity contribution in [2.45, 2.75) is 10.8 Å². The largest absolute Gasteiger partial charge is 0.256 e. The van der Waals surface area contributed by atoms with Gasteiger partial charge in [-0.3, -0.25) is 4.68 Å². The van der Waals surface area contributed by atoms with Crippen LogP contribution >= 0.6 is 11.8 Å². The summed E-state index contributed by atoms with van der Waals surface area (Å²) >= 11 is 1.52. The second-order valence-electron chi connectivity index (χ2n) is 2.58. The molecule has 0 aliphatic rings. The minimum atomic E-state index is -3.66. The molecule has 0 fully saturated rings. The van der Waals surface area contributed by atoms with Crippen molar-refractivity contribution in [3.8, 4) is 0 Å². The SMILES string of the molecule is CSCc1cnn(C)c1S(N)(=O)=O. The first kappa shape index (κ1) is 10.6. The number of nitrogens with two attached hydrogens (primary N) is 1. The summed E-state index contributed by atoms with van der Waals surface area (Å²) in [7, 11) is -2.10. The summed E-state index contributed by atoms with van der Waals surface area (Å²) in [4.78, 5) is 0. The van der Waals surface area contributed by atoms with Crippen molar-refractivity contribution in [1.29, 1.82) is 0 Å². The summed E-state index contributed by atoms with van der Waals surface area (Å²) in [5, 5.41) is 8.98. The van der Waals surface area contributed by atoms with Gasteiger partial charge in [0.25, 0.3) is 10.0 Å². The van der Waals surface area contributed by atoms with E-state index < -0.39 is 10.0 Å². The molecule has 13 heavy (non-hydrogen) atoms. The highest BCUT2D eigenvalue weighted by Gasteiger charge is 2.18. The van der Waals surface area contributed by atoms with E-state index in [-0.39, 0.29) is 5.03 Å². The number of sulfonamides is 1. The first-order chi connectivity index (χ1) is 5.96. The molecule has 74 valence electrons. The van der Waals surface area contributed by atoms with Crippen molar-refractivity contribution in [3.05, 3.63) is 11.8 Å². The van der Waals surface area contributed by atoms with Crippen LogP contribution in [0.5, 0.6) is 0 Å². The maximum absolute atomic E-state index is 11.1. The highest BCUT2D eigenvalue weighted by molar-refractivity contribution is 7.97. The molecule has 0 aromatic carbocycles. The van der Waals surface area contributed by atoms with E-state index in [1.165, 1.54) is 22.6 Å². The molecule has 0 bridgehead atoms. The smallest absolute Gasteiger partial charge is 0.255 e. The number of rotatable bonds is 3. The molecular formula is C6H11N3O2S2. The van der Waals surface area contributed by atoms with E-state index in [4.69, 9.17) is 5.14 Å². The predicted octanol–water partition coefficient (Wildman–Crippen LogP) is -0.0695. The van der Waals surface area contributed by atoms with Gasteiger partial charge >= 0.3 is 0 Å². The Kier molecular flexibility index (Phi) is 2.99. The highest BCUT2D eigenvalue weighted by Crippen LogP contribution is 2.17. The fraction of sp³-hybridized carbons (Fsp3) is 0.500. The Labute approximate surface area is 81.4 Å². The maximum Gasteiger partial charge on any atom is 0.255 e. The Morgan fingerprint density at radius 2 is 2.31 bits per heavy atom. The van der Waals surface area contributed by atoms with Gasteiger partial charge in [-0.25, -0.2) is 13.6 Å². The molecular weight excluding hydrogens is 210 g/mol. The molecule has 0 aliphatic carbocycles. The van der Waals surface area contributed by atoms with Gasteiger partial charge in [-0.05, 0) is 6.26 Å². The standard InChI is InChI=1S/C6H11N3O2S2/c1-9-6(13(7,10)11)5(3-8-9)4-12-2/h3H,4H2,1-2H3,(H2,7,10,11). The monoisotopic (exact) mass is 221 g/mol. The zero-order chi connectivity index (χ0) is 10.1. The van der Waals surface area contributed by atoms with Crippen LogP contribution in [0.2, 0.25) is 0 Å². The fourth-order valence-corrected chi connectivity index (χ4v) is 2.61. The van der Waals surface area contributed by atoms with Crippen LogP contribution in [-0.2, 0) is 22.8 Å². The van der Waals surface area contributed by atoms with Crippen LogP contribution in [0.15, 0.2) is 11.2 Å². The average Bonchev–Trinajstić information content (AvgIpc) is 2.31. The molecule has 0 unspecified atom stereocenters.